The van der Waals surface area contributed by atoms with Gasteiger partial charge in [-0.3, -0.25) is 0 Å². The summed E-state index contributed by atoms with van der Waals surface area (Å²) in [4.78, 5) is 11.8. The molecule has 0 radical (unpaired) electrons. The van der Waals surface area contributed by atoms with Crippen LogP contribution in [0.3, 0.4) is 0 Å². The average molecular weight is 316 g/mol. The normalized spacial score (nSPS) is 17.2. The van der Waals surface area contributed by atoms with Crippen molar-refractivity contribution in [3.63, 3.8) is 0 Å². The van der Waals surface area contributed by atoms with Crippen LogP contribution in [-0.2, 0) is 9.53 Å². The van der Waals surface area contributed by atoms with Crippen molar-refractivity contribution in [3.8, 4) is 11.5 Å². The standard InChI is InChI=1S/C15H15F3O4/c1-4-21-14(19)10-6-9-5-8(2)11(20-3)7-12(9)22-13(10)15(16,17)18/h5-7,13H,4H2,1-3H3. The monoisotopic (exact) mass is 316 g/mol. The number of hydrogen-bond acceptors (Lipinski definition) is 4. The lowest BCUT2D eigenvalue weighted by molar-refractivity contribution is -0.187. The summed E-state index contributed by atoms with van der Waals surface area (Å²) in [5, 5.41) is 0. The van der Waals surface area contributed by atoms with Gasteiger partial charge in [-0.1, -0.05) is 0 Å². The summed E-state index contributed by atoms with van der Waals surface area (Å²) >= 11 is 0. The Morgan fingerprint density at radius 3 is 2.59 bits per heavy atom. The van der Waals surface area contributed by atoms with Gasteiger partial charge < -0.3 is 14.2 Å². The third-order valence-corrected chi connectivity index (χ3v) is 3.17. The summed E-state index contributed by atoms with van der Waals surface area (Å²) in [7, 11) is 1.42. The molecule has 0 N–H and O–H groups in total. The van der Waals surface area contributed by atoms with Crippen molar-refractivity contribution in [1.82, 2.24) is 0 Å². The number of esters is 1. The van der Waals surface area contributed by atoms with E-state index in [-0.39, 0.29) is 12.4 Å². The van der Waals surface area contributed by atoms with E-state index in [0.717, 1.165) is 11.6 Å². The van der Waals surface area contributed by atoms with E-state index in [4.69, 9.17) is 9.47 Å². The highest BCUT2D eigenvalue weighted by Crippen LogP contribution is 2.40. The van der Waals surface area contributed by atoms with E-state index in [1.165, 1.54) is 20.1 Å². The molecule has 0 bridgehead atoms. The highest BCUT2D eigenvalue weighted by molar-refractivity contribution is 5.96. The van der Waals surface area contributed by atoms with E-state index in [2.05, 4.69) is 4.74 Å². The van der Waals surface area contributed by atoms with Gasteiger partial charge in [-0.05, 0) is 31.6 Å². The first kappa shape index (κ1) is 16.2. The molecule has 0 spiro atoms. The second kappa shape index (κ2) is 5.90. The number of fused-ring (bicyclic) bond motifs is 1. The Hall–Kier alpha value is -2.18. The predicted molar refractivity (Wildman–Crippen MR) is 72.8 cm³/mol. The van der Waals surface area contributed by atoms with Gasteiger partial charge in [0.15, 0.2) is 0 Å². The molecule has 1 atom stereocenters. The summed E-state index contributed by atoms with van der Waals surface area (Å²) in [6.45, 7) is 3.25. The highest BCUT2D eigenvalue weighted by atomic mass is 19.4. The Bertz CT molecular complexity index is 620. The van der Waals surface area contributed by atoms with E-state index in [0.29, 0.717) is 11.3 Å². The molecule has 120 valence electrons. The molecule has 0 amide bonds. The van der Waals surface area contributed by atoms with Crippen molar-refractivity contribution >= 4 is 12.0 Å². The second-order valence-corrected chi connectivity index (χ2v) is 4.72. The fourth-order valence-electron chi connectivity index (χ4n) is 2.18. The van der Waals surface area contributed by atoms with Gasteiger partial charge in [0.1, 0.15) is 11.5 Å². The number of aryl methyl sites for hydroxylation is 1. The van der Waals surface area contributed by atoms with Gasteiger partial charge in [0, 0.05) is 11.6 Å². The Balaban J connectivity index is 2.53. The van der Waals surface area contributed by atoms with Crippen LogP contribution < -0.4 is 9.47 Å². The molecule has 2 rings (SSSR count). The molecule has 7 heteroatoms. The molecule has 0 saturated carbocycles. The molecule has 1 heterocycles. The van der Waals surface area contributed by atoms with Gasteiger partial charge in [-0.25, -0.2) is 4.79 Å². The van der Waals surface area contributed by atoms with Gasteiger partial charge in [0.25, 0.3) is 0 Å². The van der Waals surface area contributed by atoms with E-state index < -0.39 is 23.8 Å². The predicted octanol–water partition coefficient (Wildman–Crippen LogP) is 3.27. The Morgan fingerprint density at radius 1 is 1.36 bits per heavy atom. The fourth-order valence-corrected chi connectivity index (χ4v) is 2.18. The van der Waals surface area contributed by atoms with Crippen LogP contribution in [0.1, 0.15) is 18.1 Å². The number of carbonyl (C=O) groups is 1. The number of halogens is 3. The van der Waals surface area contributed by atoms with Crippen molar-refractivity contribution in [1.29, 1.82) is 0 Å². The molecule has 4 nitrogen and oxygen atoms in total. The van der Waals surface area contributed by atoms with E-state index >= 15 is 0 Å². The van der Waals surface area contributed by atoms with Crippen molar-refractivity contribution in [2.75, 3.05) is 13.7 Å². The lowest BCUT2D eigenvalue weighted by Crippen LogP contribution is -2.40. The van der Waals surface area contributed by atoms with Crippen LogP contribution >= 0.6 is 0 Å². The number of rotatable bonds is 3. The summed E-state index contributed by atoms with van der Waals surface area (Å²) < 4.78 is 54.2. The van der Waals surface area contributed by atoms with Crippen molar-refractivity contribution in [2.24, 2.45) is 0 Å². The summed E-state index contributed by atoms with van der Waals surface area (Å²) in [5.74, 6) is -0.616. The lowest BCUT2D eigenvalue weighted by Gasteiger charge is -2.28. The molecule has 1 aliphatic heterocycles. The summed E-state index contributed by atoms with van der Waals surface area (Å²) in [6, 6.07) is 2.97. The third kappa shape index (κ3) is 3.03. The number of methoxy groups -OCH3 is 1. The number of ether oxygens (including phenoxy) is 3. The van der Waals surface area contributed by atoms with Crippen LogP contribution in [0.4, 0.5) is 13.2 Å². The SMILES string of the molecule is CCOC(=O)C1=Cc2cc(C)c(OC)cc2OC1C(F)(F)F. The Labute approximate surface area is 125 Å². The minimum atomic E-state index is -4.73. The minimum absolute atomic E-state index is 0.0119. The molecule has 1 aliphatic rings. The Morgan fingerprint density at radius 2 is 2.05 bits per heavy atom. The smallest absolute Gasteiger partial charge is 0.430 e. The largest absolute Gasteiger partial charge is 0.496 e. The third-order valence-electron chi connectivity index (χ3n) is 3.17. The molecule has 0 aromatic heterocycles. The number of benzene rings is 1. The van der Waals surface area contributed by atoms with E-state index in [1.54, 1.807) is 13.0 Å². The van der Waals surface area contributed by atoms with Gasteiger partial charge >= 0.3 is 12.1 Å². The second-order valence-electron chi connectivity index (χ2n) is 4.72. The van der Waals surface area contributed by atoms with Crippen LogP contribution in [0.25, 0.3) is 6.08 Å². The molecule has 0 saturated heterocycles. The van der Waals surface area contributed by atoms with Gasteiger partial charge in [-0.2, -0.15) is 13.2 Å². The zero-order valence-electron chi connectivity index (χ0n) is 12.3. The topological polar surface area (TPSA) is 44.8 Å². The van der Waals surface area contributed by atoms with Gasteiger partial charge in [-0.15, -0.1) is 0 Å². The maximum atomic E-state index is 13.1. The van der Waals surface area contributed by atoms with E-state index in [1.807, 2.05) is 0 Å². The molecule has 0 aliphatic carbocycles. The molecule has 1 aromatic rings. The maximum Gasteiger partial charge on any atom is 0.430 e. The van der Waals surface area contributed by atoms with Gasteiger partial charge in [0.2, 0.25) is 6.10 Å². The minimum Gasteiger partial charge on any atom is -0.496 e. The van der Waals surface area contributed by atoms with Crippen LogP contribution in [-0.4, -0.2) is 32.0 Å². The first-order valence-electron chi connectivity index (χ1n) is 6.58. The number of carbonyl (C=O) groups excluding carboxylic acids is 1. The van der Waals surface area contributed by atoms with Crippen LogP contribution in [0.15, 0.2) is 17.7 Å². The lowest BCUT2D eigenvalue weighted by atomic mass is 9.99. The zero-order valence-corrected chi connectivity index (χ0v) is 12.3. The van der Waals surface area contributed by atoms with Crippen LogP contribution in [0, 0.1) is 6.92 Å². The summed E-state index contributed by atoms with van der Waals surface area (Å²) in [5.41, 5.74) is 0.531. The fraction of sp³-hybridized carbons (Fsp3) is 0.400. The van der Waals surface area contributed by atoms with Crippen LogP contribution in [0.2, 0.25) is 0 Å². The maximum absolute atomic E-state index is 13.1. The van der Waals surface area contributed by atoms with Crippen molar-refractivity contribution in [3.05, 3.63) is 28.8 Å². The molecular formula is C15H15F3O4. The van der Waals surface area contributed by atoms with Crippen molar-refractivity contribution in [2.45, 2.75) is 26.1 Å². The zero-order chi connectivity index (χ0) is 16.5. The summed E-state index contributed by atoms with van der Waals surface area (Å²) in [6.07, 6.45) is -5.93. The molecule has 22 heavy (non-hydrogen) atoms. The quantitative estimate of drug-likeness (QED) is 0.803. The van der Waals surface area contributed by atoms with E-state index in [9.17, 15) is 18.0 Å². The first-order valence-corrected chi connectivity index (χ1v) is 6.58. The number of hydrogen-bond donors (Lipinski definition) is 0. The van der Waals surface area contributed by atoms with Crippen LogP contribution in [0.5, 0.6) is 11.5 Å². The highest BCUT2D eigenvalue weighted by Gasteiger charge is 2.48. The Kier molecular flexibility index (Phi) is 4.35. The molecular weight excluding hydrogens is 301 g/mol. The first-order chi connectivity index (χ1) is 10.3. The molecule has 1 unspecified atom stereocenters. The van der Waals surface area contributed by atoms with Gasteiger partial charge in [0.05, 0.1) is 19.3 Å². The average Bonchev–Trinajstić information content (AvgIpc) is 2.44. The molecule has 1 aromatic carbocycles. The number of alkyl halides is 3. The van der Waals surface area contributed by atoms with Crippen molar-refractivity contribution < 1.29 is 32.2 Å². The molecule has 0 fully saturated rings.